The Morgan fingerprint density at radius 3 is 2.42 bits per heavy atom. The van der Waals surface area contributed by atoms with Gasteiger partial charge in [-0.2, -0.15) is 13.2 Å². The monoisotopic (exact) mass is 295 g/mol. The maximum Gasteiger partial charge on any atom is 0.411 e. The highest BCUT2D eigenvalue weighted by molar-refractivity contribution is 6.31. The molecule has 108 valence electrons. The lowest BCUT2D eigenvalue weighted by Gasteiger charge is -2.20. The van der Waals surface area contributed by atoms with Crippen LogP contribution in [0.25, 0.3) is 0 Å². The molecule has 2 nitrogen and oxygen atoms in total. The summed E-state index contributed by atoms with van der Waals surface area (Å²) in [7, 11) is 1.69. The molecule has 0 aliphatic rings. The van der Waals surface area contributed by atoms with Crippen LogP contribution in [0, 0.1) is 13.8 Å². The fourth-order valence-corrected chi connectivity index (χ4v) is 2.02. The highest BCUT2D eigenvalue weighted by atomic mass is 35.5. The summed E-state index contributed by atoms with van der Waals surface area (Å²) in [5.41, 5.74) is 2.70. The minimum atomic E-state index is -4.30. The maximum absolute atomic E-state index is 12.0. The summed E-state index contributed by atoms with van der Waals surface area (Å²) < 4.78 is 40.8. The van der Waals surface area contributed by atoms with Crippen molar-refractivity contribution in [2.45, 2.75) is 26.1 Å². The van der Waals surface area contributed by atoms with Crippen LogP contribution in [0.2, 0.25) is 5.02 Å². The third-order valence-electron chi connectivity index (χ3n) is 2.82. The molecule has 0 fully saturated rings. The van der Waals surface area contributed by atoms with Gasteiger partial charge in [0, 0.05) is 5.02 Å². The summed E-state index contributed by atoms with van der Waals surface area (Å²) in [4.78, 5) is 0. The first-order valence-corrected chi connectivity index (χ1v) is 6.21. The standard InChI is InChI=1S/C13H17ClF3NO/c1-8-5-11(14)9(2)4-10(8)12(18-3)6-19-7-13(15,16)17/h4-5,12,18H,6-7H2,1-3H3. The van der Waals surface area contributed by atoms with E-state index in [1.54, 1.807) is 13.1 Å². The minimum Gasteiger partial charge on any atom is -0.370 e. The van der Waals surface area contributed by atoms with E-state index in [4.69, 9.17) is 16.3 Å². The van der Waals surface area contributed by atoms with E-state index in [2.05, 4.69) is 5.32 Å². The van der Waals surface area contributed by atoms with Crippen molar-refractivity contribution in [1.82, 2.24) is 5.32 Å². The first-order valence-electron chi connectivity index (χ1n) is 5.83. The normalized spacial score (nSPS) is 13.6. The quantitative estimate of drug-likeness (QED) is 0.892. The van der Waals surface area contributed by atoms with Gasteiger partial charge in [-0.1, -0.05) is 17.7 Å². The molecule has 19 heavy (non-hydrogen) atoms. The van der Waals surface area contributed by atoms with Crippen molar-refractivity contribution in [3.63, 3.8) is 0 Å². The zero-order valence-electron chi connectivity index (χ0n) is 11.1. The largest absolute Gasteiger partial charge is 0.411 e. The molecular weight excluding hydrogens is 279 g/mol. The van der Waals surface area contributed by atoms with Crippen LogP contribution < -0.4 is 5.32 Å². The number of hydrogen-bond donors (Lipinski definition) is 1. The van der Waals surface area contributed by atoms with E-state index < -0.39 is 12.8 Å². The van der Waals surface area contributed by atoms with Crippen molar-refractivity contribution in [2.75, 3.05) is 20.3 Å². The van der Waals surface area contributed by atoms with Gasteiger partial charge in [0.1, 0.15) is 6.61 Å². The van der Waals surface area contributed by atoms with Gasteiger partial charge in [-0.3, -0.25) is 0 Å². The van der Waals surface area contributed by atoms with Gasteiger partial charge in [-0.15, -0.1) is 0 Å². The Balaban J connectivity index is 2.77. The van der Waals surface area contributed by atoms with E-state index in [0.29, 0.717) is 5.02 Å². The molecule has 1 atom stereocenters. The molecule has 0 spiro atoms. The Kier molecular flexibility index (Phi) is 5.64. The van der Waals surface area contributed by atoms with Gasteiger partial charge in [-0.25, -0.2) is 0 Å². The van der Waals surface area contributed by atoms with Crippen LogP contribution in [0.1, 0.15) is 22.7 Å². The van der Waals surface area contributed by atoms with E-state index in [-0.39, 0.29) is 12.6 Å². The molecule has 1 aromatic rings. The fraction of sp³-hybridized carbons (Fsp3) is 0.538. The highest BCUT2D eigenvalue weighted by Gasteiger charge is 2.28. The van der Waals surface area contributed by atoms with E-state index in [0.717, 1.165) is 16.7 Å². The molecular formula is C13H17ClF3NO. The number of alkyl halides is 3. The van der Waals surface area contributed by atoms with Crippen molar-refractivity contribution < 1.29 is 17.9 Å². The predicted octanol–water partition coefficient (Wildman–Crippen LogP) is 3.80. The summed E-state index contributed by atoms with van der Waals surface area (Å²) in [5.74, 6) is 0. The Hall–Kier alpha value is -0.780. The first kappa shape index (κ1) is 16.3. The van der Waals surface area contributed by atoms with Crippen LogP contribution in [0.4, 0.5) is 13.2 Å². The lowest BCUT2D eigenvalue weighted by Crippen LogP contribution is -2.26. The lowest BCUT2D eigenvalue weighted by atomic mass is 9.99. The van der Waals surface area contributed by atoms with Crippen LogP contribution in [0.15, 0.2) is 12.1 Å². The molecule has 0 bridgehead atoms. The summed E-state index contributed by atoms with van der Waals surface area (Å²) in [6.07, 6.45) is -4.30. The van der Waals surface area contributed by atoms with Crippen LogP contribution in [0.3, 0.4) is 0 Å². The molecule has 1 N–H and O–H groups in total. The van der Waals surface area contributed by atoms with Gasteiger partial charge in [0.15, 0.2) is 0 Å². The van der Waals surface area contributed by atoms with Crippen LogP contribution in [-0.4, -0.2) is 26.4 Å². The smallest absolute Gasteiger partial charge is 0.370 e. The van der Waals surface area contributed by atoms with Crippen molar-refractivity contribution in [3.05, 3.63) is 33.8 Å². The van der Waals surface area contributed by atoms with Gasteiger partial charge in [-0.05, 0) is 43.7 Å². The zero-order valence-corrected chi connectivity index (χ0v) is 11.8. The number of benzene rings is 1. The van der Waals surface area contributed by atoms with Gasteiger partial charge in [0.2, 0.25) is 0 Å². The summed E-state index contributed by atoms with van der Waals surface area (Å²) in [6, 6.07) is 3.38. The molecule has 0 radical (unpaired) electrons. The van der Waals surface area contributed by atoms with Crippen molar-refractivity contribution in [3.8, 4) is 0 Å². The average molecular weight is 296 g/mol. The van der Waals surface area contributed by atoms with E-state index >= 15 is 0 Å². The molecule has 1 rings (SSSR count). The summed E-state index contributed by atoms with van der Waals surface area (Å²) in [6.45, 7) is 2.44. The lowest BCUT2D eigenvalue weighted by molar-refractivity contribution is -0.175. The molecule has 1 aromatic carbocycles. The van der Waals surface area contributed by atoms with E-state index in [9.17, 15) is 13.2 Å². The number of ether oxygens (including phenoxy) is 1. The van der Waals surface area contributed by atoms with Crippen molar-refractivity contribution in [2.24, 2.45) is 0 Å². The third-order valence-corrected chi connectivity index (χ3v) is 3.23. The number of hydrogen-bond acceptors (Lipinski definition) is 2. The topological polar surface area (TPSA) is 21.3 Å². The van der Waals surface area contributed by atoms with Gasteiger partial charge in [0.05, 0.1) is 12.6 Å². The third kappa shape index (κ3) is 5.01. The molecule has 0 heterocycles. The second-order valence-electron chi connectivity index (χ2n) is 4.43. The fourth-order valence-electron chi connectivity index (χ4n) is 1.80. The number of halogens is 4. The maximum atomic E-state index is 12.0. The van der Waals surface area contributed by atoms with E-state index in [1.165, 1.54) is 0 Å². The SMILES string of the molecule is CNC(COCC(F)(F)F)c1cc(C)c(Cl)cc1C. The second kappa shape index (κ2) is 6.59. The van der Waals surface area contributed by atoms with Crippen molar-refractivity contribution >= 4 is 11.6 Å². The average Bonchev–Trinajstić information content (AvgIpc) is 2.29. The Morgan fingerprint density at radius 1 is 1.26 bits per heavy atom. The summed E-state index contributed by atoms with van der Waals surface area (Å²) in [5, 5.41) is 3.60. The summed E-state index contributed by atoms with van der Waals surface area (Å²) >= 11 is 6.00. The second-order valence-corrected chi connectivity index (χ2v) is 4.84. The Morgan fingerprint density at radius 2 is 1.89 bits per heavy atom. The number of rotatable bonds is 5. The van der Waals surface area contributed by atoms with Crippen LogP contribution >= 0.6 is 11.6 Å². The number of likely N-dealkylation sites (N-methyl/N-ethyl adjacent to an activating group) is 1. The number of aryl methyl sites for hydroxylation is 2. The zero-order chi connectivity index (χ0) is 14.6. The van der Waals surface area contributed by atoms with Crippen LogP contribution in [-0.2, 0) is 4.74 Å². The molecule has 0 aliphatic carbocycles. The molecule has 0 saturated heterocycles. The Bertz CT molecular complexity index is 435. The highest BCUT2D eigenvalue weighted by Crippen LogP contribution is 2.25. The predicted molar refractivity (Wildman–Crippen MR) is 69.6 cm³/mol. The molecule has 0 aliphatic heterocycles. The van der Waals surface area contributed by atoms with Gasteiger partial charge >= 0.3 is 6.18 Å². The Labute approximate surface area is 115 Å². The number of nitrogens with one attached hydrogen (secondary N) is 1. The van der Waals surface area contributed by atoms with E-state index in [1.807, 2.05) is 19.9 Å². The molecule has 0 amide bonds. The van der Waals surface area contributed by atoms with Crippen LogP contribution in [0.5, 0.6) is 0 Å². The molecule has 0 saturated carbocycles. The molecule has 6 heteroatoms. The first-order chi connectivity index (χ1) is 8.74. The molecule has 1 unspecified atom stereocenters. The van der Waals surface area contributed by atoms with Gasteiger partial charge in [0.25, 0.3) is 0 Å². The van der Waals surface area contributed by atoms with Gasteiger partial charge < -0.3 is 10.1 Å². The minimum absolute atomic E-state index is 0.0437. The molecule has 0 aromatic heterocycles. The van der Waals surface area contributed by atoms with Crippen molar-refractivity contribution in [1.29, 1.82) is 0 Å².